The molecule has 2 unspecified atom stereocenters. The van der Waals surface area contributed by atoms with Crippen LogP contribution in [0, 0.1) is 5.92 Å². The van der Waals surface area contributed by atoms with Gasteiger partial charge in [-0.2, -0.15) is 0 Å². The first-order chi connectivity index (χ1) is 6.12. The third kappa shape index (κ3) is 2.05. The fourth-order valence-corrected chi connectivity index (χ4v) is 2.63. The summed E-state index contributed by atoms with van der Waals surface area (Å²) in [7, 11) is 0. The molecule has 0 amide bonds. The Kier molecular flexibility index (Phi) is 2.37. The average molecular weight is 183 g/mol. The quantitative estimate of drug-likeness (QED) is 0.719. The summed E-state index contributed by atoms with van der Waals surface area (Å²) in [5.41, 5.74) is -0.414. The standard InChI is InChI=1S/C11H21NO/c1-3-10(9-4-5-9)12-7-6-11(2,13)8-12/h9-10,13H,3-8H2,1-2H3. The van der Waals surface area contributed by atoms with Gasteiger partial charge in [0.1, 0.15) is 0 Å². The van der Waals surface area contributed by atoms with Gasteiger partial charge in [-0.3, -0.25) is 4.90 Å². The number of β-amino-alcohol motifs (C(OH)–C–C–N with tert-alkyl or cyclic N) is 1. The van der Waals surface area contributed by atoms with E-state index in [0.29, 0.717) is 0 Å². The van der Waals surface area contributed by atoms with Gasteiger partial charge in [0.15, 0.2) is 0 Å². The predicted octanol–water partition coefficient (Wildman–Crippen LogP) is 1.63. The fraction of sp³-hybridized carbons (Fsp3) is 1.00. The normalized spacial score (nSPS) is 38.1. The molecule has 0 aromatic heterocycles. The van der Waals surface area contributed by atoms with Crippen LogP contribution in [-0.4, -0.2) is 34.7 Å². The summed E-state index contributed by atoms with van der Waals surface area (Å²) in [6, 6.07) is 0.758. The van der Waals surface area contributed by atoms with E-state index in [-0.39, 0.29) is 0 Å². The minimum absolute atomic E-state index is 0.414. The maximum absolute atomic E-state index is 9.87. The molecular weight excluding hydrogens is 162 g/mol. The van der Waals surface area contributed by atoms with Gasteiger partial charge in [-0.15, -0.1) is 0 Å². The molecule has 2 fully saturated rings. The Hall–Kier alpha value is -0.0800. The molecule has 1 aliphatic heterocycles. The molecule has 1 N–H and O–H groups in total. The molecule has 0 radical (unpaired) electrons. The lowest BCUT2D eigenvalue weighted by Crippen LogP contribution is -2.37. The Morgan fingerprint density at radius 1 is 1.54 bits per heavy atom. The molecule has 1 heterocycles. The SMILES string of the molecule is CCC(C1CC1)N1CCC(C)(O)C1. The van der Waals surface area contributed by atoms with Gasteiger partial charge < -0.3 is 5.11 Å². The minimum Gasteiger partial charge on any atom is -0.389 e. The van der Waals surface area contributed by atoms with Gasteiger partial charge in [0.2, 0.25) is 0 Å². The van der Waals surface area contributed by atoms with E-state index in [1.807, 2.05) is 6.92 Å². The molecule has 2 atom stereocenters. The van der Waals surface area contributed by atoms with Crippen LogP contribution in [0.25, 0.3) is 0 Å². The van der Waals surface area contributed by atoms with Crippen molar-refractivity contribution in [2.45, 2.75) is 51.2 Å². The second kappa shape index (κ2) is 3.25. The van der Waals surface area contributed by atoms with Crippen LogP contribution < -0.4 is 0 Å². The Balaban J connectivity index is 1.93. The second-order valence-corrected chi connectivity index (χ2v) is 5.03. The number of likely N-dealkylation sites (tertiary alicyclic amines) is 1. The molecular formula is C11H21NO. The minimum atomic E-state index is -0.414. The van der Waals surface area contributed by atoms with E-state index in [1.54, 1.807) is 0 Å². The summed E-state index contributed by atoms with van der Waals surface area (Å²) in [5, 5.41) is 9.87. The average Bonchev–Trinajstić information content (AvgIpc) is 2.80. The Labute approximate surface area is 80.9 Å². The summed E-state index contributed by atoms with van der Waals surface area (Å²) in [5.74, 6) is 0.943. The molecule has 0 aromatic rings. The van der Waals surface area contributed by atoms with E-state index in [0.717, 1.165) is 31.5 Å². The van der Waals surface area contributed by atoms with Crippen LogP contribution in [-0.2, 0) is 0 Å². The van der Waals surface area contributed by atoms with Crippen molar-refractivity contribution in [3.05, 3.63) is 0 Å². The summed E-state index contributed by atoms with van der Waals surface area (Å²) in [4.78, 5) is 2.50. The number of nitrogens with zero attached hydrogens (tertiary/aromatic N) is 1. The van der Waals surface area contributed by atoms with Crippen LogP contribution in [0.15, 0.2) is 0 Å². The van der Waals surface area contributed by atoms with Crippen LogP contribution in [0.3, 0.4) is 0 Å². The van der Waals surface area contributed by atoms with Gasteiger partial charge in [0.25, 0.3) is 0 Å². The Morgan fingerprint density at radius 2 is 2.23 bits per heavy atom. The van der Waals surface area contributed by atoms with E-state index in [2.05, 4.69) is 11.8 Å². The Morgan fingerprint density at radius 3 is 2.62 bits per heavy atom. The first-order valence-corrected chi connectivity index (χ1v) is 5.59. The van der Waals surface area contributed by atoms with Crippen molar-refractivity contribution in [3.8, 4) is 0 Å². The maximum Gasteiger partial charge on any atom is 0.0758 e. The second-order valence-electron chi connectivity index (χ2n) is 5.03. The number of hydrogen-bond acceptors (Lipinski definition) is 2. The molecule has 1 aliphatic carbocycles. The molecule has 0 spiro atoms. The number of aliphatic hydroxyl groups is 1. The van der Waals surface area contributed by atoms with Gasteiger partial charge in [0.05, 0.1) is 5.60 Å². The third-order valence-corrected chi connectivity index (χ3v) is 3.53. The van der Waals surface area contributed by atoms with Crippen LogP contribution in [0.2, 0.25) is 0 Å². The fourth-order valence-electron chi connectivity index (χ4n) is 2.63. The molecule has 0 bridgehead atoms. The topological polar surface area (TPSA) is 23.5 Å². The highest BCUT2D eigenvalue weighted by Gasteiger charge is 2.40. The third-order valence-electron chi connectivity index (χ3n) is 3.53. The number of rotatable bonds is 3. The van der Waals surface area contributed by atoms with E-state index >= 15 is 0 Å². The van der Waals surface area contributed by atoms with E-state index in [1.165, 1.54) is 19.3 Å². The van der Waals surface area contributed by atoms with Crippen molar-refractivity contribution in [2.75, 3.05) is 13.1 Å². The zero-order valence-corrected chi connectivity index (χ0v) is 8.79. The van der Waals surface area contributed by atoms with Crippen molar-refractivity contribution in [3.63, 3.8) is 0 Å². The summed E-state index contributed by atoms with van der Waals surface area (Å²) in [6.45, 7) is 6.23. The van der Waals surface area contributed by atoms with E-state index < -0.39 is 5.60 Å². The molecule has 2 nitrogen and oxygen atoms in total. The van der Waals surface area contributed by atoms with Crippen molar-refractivity contribution < 1.29 is 5.11 Å². The summed E-state index contributed by atoms with van der Waals surface area (Å²) < 4.78 is 0. The van der Waals surface area contributed by atoms with Gasteiger partial charge in [-0.25, -0.2) is 0 Å². The van der Waals surface area contributed by atoms with Crippen molar-refractivity contribution in [1.82, 2.24) is 4.90 Å². The molecule has 2 rings (SSSR count). The van der Waals surface area contributed by atoms with Crippen molar-refractivity contribution >= 4 is 0 Å². The lowest BCUT2D eigenvalue weighted by molar-refractivity contribution is 0.0596. The molecule has 0 aromatic carbocycles. The van der Waals surface area contributed by atoms with Crippen LogP contribution in [0.4, 0.5) is 0 Å². The van der Waals surface area contributed by atoms with Crippen molar-refractivity contribution in [1.29, 1.82) is 0 Å². The Bertz CT molecular complexity index is 187. The predicted molar refractivity (Wildman–Crippen MR) is 53.6 cm³/mol. The number of hydrogen-bond donors (Lipinski definition) is 1. The zero-order valence-electron chi connectivity index (χ0n) is 8.79. The van der Waals surface area contributed by atoms with Gasteiger partial charge in [-0.1, -0.05) is 6.92 Å². The highest BCUT2D eigenvalue weighted by molar-refractivity contribution is 4.94. The first kappa shape index (κ1) is 9.47. The highest BCUT2D eigenvalue weighted by Crippen LogP contribution is 2.39. The lowest BCUT2D eigenvalue weighted by Gasteiger charge is -2.27. The van der Waals surface area contributed by atoms with E-state index in [4.69, 9.17) is 0 Å². The van der Waals surface area contributed by atoms with Crippen LogP contribution in [0.1, 0.15) is 39.5 Å². The summed E-state index contributed by atoms with van der Waals surface area (Å²) >= 11 is 0. The molecule has 1 saturated carbocycles. The van der Waals surface area contributed by atoms with Crippen molar-refractivity contribution in [2.24, 2.45) is 5.92 Å². The lowest BCUT2D eigenvalue weighted by atomic mass is 10.1. The molecule has 2 heteroatoms. The largest absolute Gasteiger partial charge is 0.389 e. The van der Waals surface area contributed by atoms with Gasteiger partial charge >= 0.3 is 0 Å². The first-order valence-electron chi connectivity index (χ1n) is 5.59. The van der Waals surface area contributed by atoms with Gasteiger partial charge in [-0.05, 0) is 38.5 Å². The summed E-state index contributed by atoms with van der Waals surface area (Å²) in [6.07, 6.45) is 5.03. The smallest absolute Gasteiger partial charge is 0.0758 e. The molecule has 13 heavy (non-hydrogen) atoms. The highest BCUT2D eigenvalue weighted by atomic mass is 16.3. The zero-order chi connectivity index (χ0) is 9.47. The maximum atomic E-state index is 9.87. The van der Waals surface area contributed by atoms with Crippen LogP contribution in [0.5, 0.6) is 0 Å². The van der Waals surface area contributed by atoms with E-state index in [9.17, 15) is 5.11 Å². The molecule has 76 valence electrons. The van der Waals surface area contributed by atoms with Crippen LogP contribution >= 0.6 is 0 Å². The molecule has 1 saturated heterocycles. The molecule has 2 aliphatic rings. The monoisotopic (exact) mass is 183 g/mol. The van der Waals surface area contributed by atoms with Gasteiger partial charge in [0, 0.05) is 19.1 Å².